The second-order valence-electron chi connectivity index (χ2n) is 22.6. The van der Waals surface area contributed by atoms with Crippen LogP contribution >= 0.6 is 0 Å². The SMILES string of the molecule is Cc1ccc(C(=C(c2ccccc2)c2ccccc2)c2ccc(-c3cc(-c4ccc(C(=C(c5ccccc5)c5ccccc5)c5ccc(C)cc5)cc4)cc(-c4ccc(C(=C(c5ccccc5)c5ccccc5)c5cccc(C)c5)cc4)c3)cc2)cc1. The molecule has 0 bridgehead atoms. The quantitative estimate of drug-likeness (QED) is 0.0898. The van der Waals surface area contributed by atoms with Crippen molar-refractivity contribution in [2.75, 3.05) is 0 Å². The summed E-state index contributed by atoms with van der Waals surface area (Å²) in [6.07, 6.45) is 0. The molecule has 0 fully saturated rings. The molecule has 13 rings (SSSR count). The van der Waals surface area contributed by atoms with E-state index >= 15 is 0 Å². The smallest absolute Gasteiger partial charge is 0.00267 e. The zero-order valence-corrected chi connectivity index (χ0v) is 49.4. The lowest BCUT2D eigenvalue weighted by Crippen LogP contribution is -1.98. The van der Waals surface area contributed by atoms with Gasteiger partial charge in [0.05, 0.1) is 0 Å². The summed E-state index contributed by atoms with van der Waals surface area (Å²) in [5.41, 5.74) is 31.7. The van der Waals surface area contributed by atoms with E-state index in [0.717, 1.165) is 50.1 Å². The molecule has 0 aliphatic rings. The third-order valence-electron chi connectivity index (χ3n) is 16.6. The maximum absolute atomic E-state index is 2.37. The van der Waals surface area contributed by atoms with E-state index in [2.05, 4.69) is 367 Å². The summed E-state index contributed by atoms with van der Waals surface area (Å²) in [6.45, 7) is 6.49. The van der Waals surface area contributed by atoms with Crippen molar-refractivity contribution in [3.63, 3.8) is 0 Å². The molecule has 0 aliphatic heterocycles. The highest BCUT2D eigenvalue weighted by Gasteiger charge is 2.21. The van der Waals surface area contributed by atoms with Crippen LogP contribution in [0.15, 0.2) is 346 Å². The highest BCUT2D eigenvalue weighted by molar-refractivity contribution is 6.07. The maximum atomic E-state index is 2.37. The number of rotatable bonds is 15. The van der Waals surface area contributed by atoms with E-state index in [0.29, 0.717) is 0 Å². The minimum absolute atomic E-state index is 1.14. The standard InChI is InChI=1S/C87H66/c1-61-37-41-73(42-38-61)85(82(67-24-10-4-11-25-67)68-26-12-5-13-27-68)75-51-45-64(46-52-75)79-58-80(65-47-53-76(54-48-65)86(74-43-39-62(2)40-44-74)83(69-28-14-6-15-29-69)70-30-16-7-17-31-70)60-81(59-79)66-49-55-77(56-50-66)87(78-36-22-23-63(3)57-78)84(71-32-18-8-19-33-71)72-34-20-9-21-35-72/h4-60H,1-3H3. The number of hydrogen-bond donors (Lipinski definition) is 0. The van der Waals surface area contributed by atoms with Crippen LogP contribution < -0.4 is 0 Å². The van der Waals surface area contributed by atoms with Crippen LogP contribution in [0.4, 0.5) is 0 Å². The summed E-state index contributed by atoms with van der Waals surface area (Å²) >= 11 is 0. The molecule has 0 radical (unpaired) electrons. The Kier molecular flexibility index (Phi) is 16.2. The van der Waals surface area contributed by atoms with Gasteiger partial charge in [0, 0.05) is 0 Å². The maximum Gasteiger partial charge on any atom is -0.00267 e. The molecule has 414 valence electrons. The first kappa shape index (κ1) is 55.3. The summed E-state index contributed by atoms with van der Waals surface area (Å²) in [4.78, 5) is 0. The van der Waals surface area contributed by atoms with Crippen LogP contribution in [0.3, 0.4) is 0 Å². The van der Waals surface area contributed by atoms with E-state index < -0.39 is 0 Å². The second kappa shape index (κ2) is 25.5. The summed E-state index contributed by atoms with van der Waals surface area (Å²) in [5, 5.41) is 0. The largest absolute Gasteiger partial charge is 0.0622 e. The average Bonchev–Trinajstić information content (AvgIpc) is 3.61. The minimum atomic E-state index is 1.14. The zero-order valence-electron chi connectivity index (χ0n) is 49.4. The highest BCUT2D eigenvalue weighted by atomic mass is 14.2. The van der Waals surface area contributed by atoms with Gasteiger partial charge < -0.3 is 0 Å². The molecule has 0 spiro atoms. The van der Waals surface area contributed by atoms with E-state index in [-0.39, 0.29) is 0 Å². The number of hydrogen-bond acceptors (Lipinski definition) is 0. The molecular weight excluding hydrogens is 1040 g/mol. The molecule has 0 N–H and O–H groups in total. The molecule has 13 aromatic carbocycles. The van der Waals surface area contributed by atoms with Gasteiger partial charge in [-0.05, 0) is 173 Å². The van der Waals surface area contributed by atoms with Crippen LogP contribution in [-0.2, 0) is 0 Å². The Hall–Kier alpha value is -10.9. The van der Waals surface area contributed by atoms with Crippen molar-refractivity contribution < 1.29 is 0 Å². The van der Waals surface area contributed by atoms with Gasteiger partial charge >= 0.3 is 0 Å². The van der Waals surface area contributed by atoms with Crippen LogP contribution in [-0.4, -0.2) is 0 Å². The average molecular weight is 1110 g/mol. The van der Waals surface area contributed by atoms with Crippen LogP contribution in [0, 0.1) is 20.8 Å². The van der Waals surface area contributed by atoms with Crippen LogP contribution in [0.1, 0.15) is 83.5 Å². The van der Waals surface area contributed by atoms with Crippen LogP contribution in [0.5, 0.6) is 0 Å². The molecular formula is C87H66. The predicted octanol–water partition coefficient (Wildman–Crippen LogP) is 22.6. The first-order valence-electron chi connectivity index (χ1n) is 30.1. The predicted molar refractivity (Wildman–Crippen MR) is 370 cm³/mol. The molecule has 0 aromatic heterocycles. The summed E-state index contributed by atoms with van der Waals surface area (Å²) in [5.74, 6) is 0. The normalized spacial score (nSPS) is 10.9. The monoisotopic (exact) mass is 1110 g/mol. The Morgan fingerprint density at radius 3 is 0.563 bits per heavy atom. The second-order valence-corrected chi connectivity index (χ2v) is 22.6. The molecule has 0 aliphatic carbocycles. The summed E-state index contributed by atoms with van der Waals surface area (Å²) in [6, 6.07) is 127. The van der Waals surface area contributed by atoms with Crippen molar-refractivity contribution in [3.05, 3.63) is 429 Å². The lowest BCUT2D eigenvalue weighted by atomic mass is 9.84. The molecule has 0 nitrogen and oxygen atoms in total. The molecule has 87 heavy (non-hydrogen) atoms. The van der Waals surface area contributed by atoms with Crippen LogP contribution in [0.25, 0.3) is 66.8 Å². The first-order chi connectivity index (χ1) is 42.9. The fraction of sp³-hybridized carbons (Fsp3) is 0.0345. The molecule has 0 unspecified atom stereocenters. The van der Waals surface area contributed by atoms with E-state index in [9.17, 15) is 0 Å². The van der Waals surface area contributed by atoms with Gasteiger partial charge in [-0.1, -0.05) is 344 Å². The van der Waals surface area contributed by atoms with Gasteiger partial charge in [-0.25, -0.2) is 0 Å². The Bertz CT molecular complexity index is 4230. The van der Waals surface area contributed by atoms with Gasteiger partial charge in [-0.3, -0.25) is 0 Å². The van der Waals surface area contributed by atoms with Gasteiger partial charge in [0.25, 0.3) is 0 Å². The van der Waals surface area contributed by atoms with Gasteiger partial charge in [0.2, 0.25) is 0 Å². The fourth-order valence-corrected chi connectivity index (χ4v) is 12.2. The molecule has 0 heteroatoms. The third-order valence-corrected chi connectivity index (χ3v) is 16.6. The van der Waals surface area contributed by atoms with Crippen molar-refractivity contribution in [2.45, 2.75) is 20.8 Å². The first-order valence-corrected chi connectivity index (χ1v) is 30.1. The van der Waals surface area contributed by atoms with Crippen molar-refractivity contribution in [1.29, 1.82) is 0 Å². The molecule has 0 saturated carbocycles. The lowest BCUT2D eigenvalue weighted by Gasteiger charge is -2.19. The molecule has 0 atom stereocenters. The Labute approximate surface area is 513 Å². The number of benzene rings is 13. The third kappa shape index (κ3) is 12.2. The molecule has 13 aromatic rings. The Morgan fingerprint density at radius 1 is 0.138 bits per heavy atom. The van der Waals surface area contributed by atoms with Gasteiger partial charge in [-0.15, -0.1) is 0 Å². The highest BCUT2D eigenvalue weighted by Crippen LogP contribution is 2.43. The fourth-order valence-electron chi connectivity index (χ4n) is 12.2. The van der Waals surface area contributed by atoms with Gasteiger partial charge in [0.15, 0.2) is 0 Å². The van der Waals surface area contributed by atoms with Crippen molar-refractivity contribution in [3.8, 4) is 33.4 Å². The zero-order chi connectivity index (χ0) is 58.9. The van der Waals surface area contributed by atoms with Crippen molar-refractivity contribution in [1.82, 2.24) is 0 Å². The van der Waals surface area contributed by atoms with Crippen LogP contribution in [0.2, 0.25) is 0 Å². The summed E-state index contributed by atoms with van der Waals surface area (Å²) < 4.78 is 0. The minimum Gasteiger partial charge on any atom is -0.0622 e. The Balaban J connectivity index is 0.979. The van der Waals surface area contributed by atoms with Gasteiger partial charge in [-0.2, -0.15) is 0 Å². The van der Waals surface area contributed by atoms with Gasteiger partial charge in [0.1, 0.15) is 0 Å². The molecule has 0 saturated heterocycles. The molecule has 0 heterocycles. The van der Waals surface area contributed by atoms with E-state index in [1.165, 1.54) is 100 Å². The van der Waals surface area contributed by atoms with Crippen molar-refractivity contribution in [2.24, 2.45) is 0 Å². The van der Waals surface area contributed by atoms with E-state index in [1.807, 2.05) is 0 Å². The Morgan fingerprint density at radius 2 is 0.333 bits per heavy atom. The molecule has 0 amide bonds. The summed E-state index contributed by atoms with van der Waals surface area (Å²) in [7, 11) is 0. The van der Waals surface area contributed by atoms with E-state index in [4.69, 9.17) is 0 Å². The number of aryl methyl sites for hydroxylation is 3. The topological polar surface area (TPSA) is 0 Å². The lowest BCUT2D eigenvalue weighted by molar-refractivity contribution is 1.43. The van der Waals surface area contributed by atoms with E-state index in [1.54, 1.807) is 0 Å². The van der Waals surface area contributed by atoms with Crippen molar-refractivity contribution >= 4 is 33.4 Å².